The maximum atomic E-state index is 5.28. The fourth-order valence-electron chi connectivity index (χ4n) is 1.00. The zero-order valence-electron chi connectivity index (χ0n) is 5.58. The standard InChI is InChI=1S/C7H8N2O/c1-2-5-9-7(3-1)8-4-6-10-9/h1-3,5H,4,6H2/p+1. The van der Waals surface area contributed by atoms with Gasteiger partial charge in [0.15, 0.2) is 6.61 Å². The monoisotopic (exact) mass is 137 g/mol. The van der Waals surface area contributed by atoms with E-state index in [9.17, 15) is 0 Å². The molecule has 0 spiro atoms. The number of nitrogens with one attached hydrogen (secondary N) is 1. The Kier molecular flexibility index (Phi) is 1.20. The van der Waals surface area contributed by atoms with Gasteiger partial charge in [-0.05, 0) is 10.8 Å². The first-order valence-electron chi connectivity index (χ1n) is 3.35. The molecule has 0 aromatic carbocycles. The number of nitrogens with zero attached hydrogens (tertiary/aromatic N) is 1. The predicted octanol–water partition coefficient (Wildman–Crippen LogP) is -0.172. The minimum atomic E-state index is 0.738. The highest BCUT2D eigenvalue weighted by Crippen LogP contribution is 1.98. The maximum Gasteiger partial charge on any atom is 0.314 e. The summed E-state index contributed by atoms with van der Waals surface area (Å²) >= 11 is 0. The van der Waals surface area contributed by atoms with Gasteiger partial charge in [-0.25, -0.2) is 0 Å². The van der Waals surface area contributed by atoms with E-state index in [2.05, 4.69) is 5.32 Å². The zero-order valence-corrected chi connectivity index (χ0v) is 5.58. The fraction of sp³-hybridized carbons (Fsp3) is 0.286. The van der Waals surface area contributed by atoms with Gasteiger partial charge in [0.25, 0.3) is 0 Å². The van der Waals surface area contributed by atoms with Crippen LogP contribution in [0, 0.1) is 0 Å². The molecule has 52 valence electrons. The highest BCUT2D eigenvalue weighted by molar-refractivity contribution is 5.27. The van der Waals surface area contributed by atoms with Crippen LogP contribution in [0.2, 0.25) is 0 Å². The minimum absolute atomic E-state index is 0.738. The molecule has 2 rings (SSSR count). The van der Waals surface area contributed by atoms with Crippen molar-refractivity contribution in [2.24, 2.45) is 0 Å². The van der Waals surface area contributed by atoms with Crippen LogP contribution in [0.4, 0.5) is 5.82 Å². The van der Waals surface area contributed by atoms with Crippen molar-refractivity contribution >= 4 is 5.82 Å². The smallest absolute Gasteiger partial charge is 0.314 e. The van der Waals surface area contributed by atoms with E-state index in [1.165, 1.54) is 0 Å². The molecule has 0 saturated heterocycles. The Morgan fingerprint density at radius 1 is 1.50 bits per heavy atom. The van der Waals surface area contributed by atoms with E-state index in [4.69, 9.17) is 4.84 Å². The normalized spacial score (nSPS) is 14.8. The van der Waals surface area contributed by atoms with Gasteiger partial charge in [0.05, 0.1) is 0 Å². The lowest BCUT2D eigenvalue weighted by Gasteiger charge is -2.10. The van der Waals surface area contributed by atoms with Gasteiger partial charge in [-0.15, -0.1) is 0 Å². The number of hydrogen-bond acceptors (Lipinski definition) is 2. The van der Waals surface area contributed by atoms with Crippen molar-refractivity contribution in [3.8, 4) is 0 Å². The number of rotatable bonds is 0. The van der Waals surface area contributed by atoms with E-state index >= 15 is 0 Å². The van der Waals surface area contributed by atoms with Gasteiger partial charge in [0.1, 0.15) is 12.7 Å². The van der Waals surface area contributed by atoms with Crippen molar-refractivity contribution in [2.75, 3.05) is 18.5 Å². The molecule has 0 bridgehead atoms. The summed E-state index contributed by atoms with van der Waals surface area (Å²) in [6, 6.07) is 5.91. The third kappa shape index (κ3) is 0.795. The molecule has 0 atom stereocenters. The highest BCUT2D eigenvalue weighted by Gasteiger charge is 2.12. The molecule has 1 aromatic rings. The van der Waals surface area contributed by atoms with Gasteiger partial charge in [0.2, 0.25) is 0 Å². The van der Waals surface area contributed by atoms with E-state index in [0.29, 0.717) is 0 Å². The van der Waals surface area contributed by atoms with Gasteiger partial charge in [-0.3, -0.25) is 5.32 Å². The zero-order chi connectivity index (χ0) is 6.81. The second-order valence-corrected chi connectivity index (χ2v) is 2.17. The van der Waals surface area contributed by atoms with Crippen molar-refractivity contribution in [3.05, 3.63) is 24.4 Å². The quantitative estimate of drug-likeness (QED) is 0.502. The van der Waals surface area contributed by atoms with Crippen LogP contribution in [0.1, 0.15) is 0 Å². The van der Waals surface area contributed by atoms with E-state index in [1.807, 2.05) is 24.4 Å². The molecule has 0 aliphatic carbocycles. The van der Waals surface area contributed by atoms with Crippen LogP contribution in [0.5, 0.6) is 0 Å². The van der Waals surface area contributed by atoms with Gasteiger partial charge >= 0.3 is 5.82 Å². The summed E-state index contributed by atoms with van der Waals surface area (Å²) in [5, 5.41) is 3.20. The molecule has 3 heteroatoms. The topological polar surface area (TPSA) is 25.1 Å². The average Bonchev–Trinajstić information content (AvgIpc) is 2.05. The van der Waals surface area contributed by atoms with Gasteiger partial charge < -0.3 is 4.84 Å². The van der Waals surface area contributed by atoms with Crippen molar-refractivity contribution < 1.29 is 9.57 Å². The van der Waals surface area contributed by atoms with Crippen LogP contribution in [0.3, 0.4) is 0 Å². The molecule has 0 amide bonds. The number of anilines is 1. The number of hydrogen-bond donors (Lipinski definition) is 1. The molecule has 1 aliphatic rings. The molecule has 0 unspecified atom stereocenters. The van der Waals surface area contributed by atoms with Crippen molar-refractivity contribution in [2.45, 2.75) is 0 Å². The molecular weight excluding hydrogens is 128 g/mol. The molecule has 0 radical (unpaired) electrons. The molecule has 10 heavy (non-hydrogen) atoms. The summed E-state index contributed by atoms with van der Waals surface area (Å²) in [6.07, 6.45) is 1.89. The Bertz CT molecular complexity index is 212. The Balaban J connectivity index is 2.41. The first-order valence-corrected chi connectivity index (χ1v) is 3.35. The third-order valence-electron chi connectivity index (χ3n) is 1.46. The summed E-state index contributed by atoms with van der Waals surface area (Å²) < 4.78 is 1.74. The Morgan fingerprint density at radius 2 is 2.50 bits per heavy atom. The predicted molar refractivity (Wildman–Crippen MR) is 36.6 cm³/mol. The van der Waals surface area contributed by atoms with Crippen molar-refractivity contribution in [3.63, 3.8) is 0 Å². The van der Waals surface area contributed by atoms with Crippen LogP contribution in [0.25, 0.3) is 0 Å². The molecule has 0 saturated carbocycles. The SMILES string of the molecule is c1cc[n+]2c(c1)NCCO2. The van der Waals surface area contributed by atoms with E-state index in [1.54, 1.807) is 4.73 Å². The molecule has 0 fully saturated rings. The number of pyridine rings is 1. The van der Waals surface area contributed by atoms with E-state index < -0.39 is 0 Å². The lowest BCUT2D eigenvalue weighted by atomic mass is 10.4. The molecule has 1 aliphatic heterocycles. The first kappa shape index (κ1) is 5.53. The van der Waals surface area contributed by atoms with Gasteiger partial charge in [0, 0.05) is 6.07 Å². The van der Waals surface area contributed by atoms with Crippen LogP contribution < -0.4 is 14.9 Å². The minimum Gasteiger partial charge on any atom is -0.331 e. The van der Waals surface area contributed by atoms with Crippen LogP contribution in [0.15, 0.2) is 24.4 Å². The maximum absolute atomic E-state index is 5.28. The Labute approximate surface area is 59.2 Å². The third-order valence-corrected chi connectivity index (χ3v) is 1.46. The van der Waals surface area contributed by atoms with Crippen molar-refractivity contribution in [1.29, 1.82) is 0 Å². The van der Waals surface area contributed by atoms with Crippen LogP contribution in [-0.4, -0.2) is 13.2 Å². The summed E-state index contributed by atoms with van der Waals surface area (Å²) in [5.74, 6) is 1.02. The van der Waals surface area contributed by atoms with Gasteiger partial charge in [-0.1, -0.05) is 6.07 Å². The van der Waals surface area contributed by atoms with Crippen LogP contribution in [-0.2, 0) is 0 Å². The number of fused-ring (bicyclic) bond motifs is 1. The molecule has 3 nitrogen and oxygen atoms in total. The average molecular weight is 137 g/mol. The summed E-state index contributed by atoms with van der Waals surface area (Å²) in [5.41, 5.74) is 0. The lowest BCUT2D eigenvalue weighted by Crippen LogP contribution is -2.50. The van der Waals surface area contributed by atoms with Crippen LogP contribution >= 0.6 is 0 Å². The Morgan fingerprint density at radius 3 is 3.40 bits per heavy atom. The van der Waals surface area contributed by atoms with E-state index in [-0.39, 0.29) is 0 Å². The Hall–Kier alpha value is -1.25. The molecular formula is C7H9N2O+. The summed E-state index contributed by atoms with van der Waals surface area (Å²) in [6.45, 7) is 1.63. The fourth-order valence-corrected chi connectivity index (χ4v) is 1.00. The second kappa shape index (κ2) is 2.17. The molecule has 1 aromatic heterocycles. The molecule has 1 N–H and O–H groups in total. The number of aromatic nitrogens is 1. The first-order chi connectivity index (χ1) is 4.97. The van der Waals surface area contributed by atoms with Gasteiger partial charge in [-0.2, -0.15) is 0 Å². The lowest BCUT2D eigenvalue weighted by molar-refractivity contribution is -0.883. The molecule has 2 heterocycles. The van der Waals surface area contributed by atoms with Crippen molar-refractivity contribution in [1.82, 2.24) is 0 Å². The summed E-state index contributed by atoms with van der Waals surface area (Å²) in [7, 11) is 0. The largest absolute Gasteiger partial charge is 0.331 e. The highest BCUT2D eigenvalue weighted by atomic mass is 16.7. The summed E-state index contributed by atoms with van der Waals surface area (Å²) in [4.78, 5) is 5.28. The second-order valence-electron chi connectivity index (χ2n) is 2.17. The van der Waals surface area contributed by atoms with E-state index in [0.717, 1.165) is 19.0 Å².